The zero-order valence-electron chi connectivity index (χ0n) is 19.4. The average molecular weight is 496 g/mol. The molecule has 2 aromatic heterocycles. The van der Waals surface area contributed by atoms with Gasteiger partial charge in [-0.05, 0) is 54.6 Å². The summed E-state index contributed by atoms with van der Waals surface area (Å²) in [6.45, 7) is 0. The van der Waals surface area contributed by atoms with Gasteiger partial charge >= 0.3 is 6.18 Å². The number of carbonyl (C=O) groups excluding carboxylic acids is 1. The molecule has 0 atom stereocenters. The highest BCUT2D eigenvalue weighted by Gasteiger charge is 2.33. The highest BCUT2D eigenvalue weighted by Crippen LogP contribution is 2.34. The minimum absolute atomic E-state index is 0.0374. The topological polar surface area (TPSA) is 39.0 Å². The average Bonchev–Trinajstić information content (AvgIpc) is 3.53. The van der Waals surface area contributed by atoms with Crippen LogP contribution in [-0.2, 0) is 6.18 Å². The Hall–Kier alpha value is -4.78. The number of para-hydroxylation sites is 3. The van der Waals surface area contributed by atoms with Crippen LogP contribution in [0.4, 0.5) is 18.9 Å². The summed E-state index contributed by atoms with van der Waals surface area (Å²) in [5, 5.41) is 5.15. The van der Waals surface area contributed by atoms with Crippen LogP contribution in [0.2, 0.25) is 0 Å². The minimum atomic E-state index is -4.50. The van der Waals surface area contributed by atoms with Crippen molar-refractivity contribution in [2.45, 2.75) is 6.18 Å². The molecule has 0 fully saturated rings. The molecule has 1 N–H and O–H groups in total. The summed E-state index contributed by atoms with van der Waals surface area (Å²) in [6, 6.07) is 30.6. The molecular weight excluding hydrogens is 475 g/mol. The number of hydrogen-bond acceptors (Lipinski definition) is 1. The molecule has 6 aromatic rings. The van der Waals surface area contributed by atoms with Gasteiger partial charge in [-0.2, -0.15) is 13.2 Å². The molecule has 4 nitrogen and oxygen atoms in total. The van der Waals surface area contributed by atoms with Crippen LogP contribution >= 0.6 is 0 Å². The summed E-state index contributed by atoms with van der Waals surface area (Å²) in [4.78, 5) is 12.9. The lowest BCUT2D eigenvalue weighted by Crippen LogP contribution is -2.12. The normalized spacial score (nSPS) is 11.8. The van der Waals surface area contributed by atoms with Crippen molar-refractivity contribution >= 4 is 33.4 Å². The molecule has 7 heteroatoms. The highest BCUT2D eigenvalue weighted by molar-refractivity contribution is 6.09. The number of nitrogens with zero attached hydrogens (tertiary/aromatic N) is 2. The zero-order valence-corrected chi connectivity index (χ0v) is 19.4. The molecule has 0 aliphatic carbocycles. The van der Waals surface area contributed by atoms with Gasteiger partial charge in [0.1, 0.15) is 0 Å². The van der Waals surface area contributed by atoms with Crippen molar-refractivity contribution in [3.63, 3.8) is 0 Å². The van der Waals surface area contributed by atoms with Gasteiger partial charge in [-0.3, -0.25) is 4.79 Å². The van der Waals surface area contributed by atoms with E-state index in [4.69, 9.17) is 0 Å². The summed E-state index contributed by atoms with van der Waals surface area (Å²) in [6.07, 6.45) is -1.65. The third-order valence-corrected chi connectivity index (χ3v) is 6.41. The molecule has 1 amide bonds. The number of fused-ring (bicyclic) bond motifs is 3. The number of benzene rings is 4. The molecule has 0 radical (unpaired) electrons. The number of halogens is 3. The molecule has 0 saturated heterocycles. The highest BCUT2D eigenvalue weighted by atomic mass is 19.4. The third-order valence-electron chi connectivity index (χ3n) is 6.41. The summed E-state index contributed by atoms with van der Waals surface area (Å²) < 4.78 is 43.7. The van der Waals surface area contributed by atoms with Gasteiger partial charge in [-0.25, -0.2) is 0 Å². The standard InChI is InChI=1S/C30H20F3N3O/c31-30(32,33)25-9-3-6-12-28(25)35-18-17-20(19-35)29(37)34-21-13-15-22(16-14-21)36-26-10-4-1-7-23(26)24-8-2-5-11-27(24)36/h1-19H,(H,34,37). The quantitative estimate of drug-likeness (QED) is 0.266. The number of amides is 1. The van der Waals surface area contributed by atoms with Crippen molar-refractivity contribution in [2.75, 3.05) is 5.32 Å². The SMILES string of the molecule is O=C(Nc1ccc(-n2c3ccccc3c3ccccc32)cc1)c1ccn(-c2ccccc2C(F)(F)F)c1. The van der Waals surface area contributed by atoms with Crippen LogP contribution in [0.1, 0.15) is 15.9 Å². The molecule has 182 valence electrons. The smallest absolute Gasteiger partial charge is 0.322 e. The molecule has 37 heavy (non-hydrogen) atoms. The number of aromatic nitrogens is 2. The molecule has 0 unspecified atom stereocenters. The first-order chi connectivity index (χ1) is 17.9. The Morgan fingerprint density at radius 2 is 1.30 bits per heavy atom. The van der Waals surface area contributed by atoms with Gasteiger partial charge in [0, 0.05) is 34.5 Å². The Labute approximate surface area is 210 Å². The zero-order chi connectivity index (χ0) is 25.6. The summed E-state index contributed by atoms with van der Waals surface area (Å²) in [5.41, 5.74) is 3.15. The number of nitrogens with one attached hydrogen (secondary N) is 1. The maximum Gasteiger partial charge on any atom is 0.418 e. The van der Waals surface area contributed by atoms with E-state index in [0.29, 0.717) is 5.69 Å². The first-order valence-electron chi connectivity index (χ1n) is 11.6. The molecule has 0 spiro atoms. The van der Waals surface area contributed by atoms with Gasteiger partial charge in [-0.1, -0.05) is 48.5 Å². The first-order valence-corrected chi connectivity index (χ1v) is 11.6. The van der Waals surface area contributed by atoms with Gasteiger partial charge < -0.3 is 14.5 Å². The van der Waals surface area contributed by atoms with Crippen molar-refractivity contribution in [2.24, 2.45) is 0 Å². The van der Waals surface area contributed by atoms with E-state index in [1.54, 1.807) is 0 Å². The number of alkyl halides is 3. The largest absolute Gasteiger partial charge is 0.418 e. The number of rotatable bonds is 4. The van der Waals surface area contributed by atoms with E-state index in [9.17, 15) is 18.0 Å². The van der Waals surface area contributed by atoms with E-state index < -0.39 is 17.6 Å². The lowest BCUT2D eigenvalue weighted by molar-refractivity contribution is -0.137. The second-order valence-corrected chi connectivity index (χ2v) is 8.69. The maximum atomic E-state index is 13.4. The summed E-state index contributed by atoms with van der Waals surface area (Å²) >= 11 is 0. The Morgan fingerprint density at radius 1 is 0.703 bits per heavy atom. The van der Waals surface area contributed by atoms with Gasteiger partial charge in [0.15, 0.2) is 0 Å². The molecule has 0 saturated carbocycles. The van der Waals surface area contributed by atoms with Crippen LogP contribution in [0.3, 0.4) is 0 Å². The Balaban J connectivity index is 1.27. The van der Waals surface area contributed by atoms with E-state index in [1.165, 1.54) is 41.2 Å². The van der Waals surface area contributed by atoms with Gasteiger partial charge in [-0.15, -0.1) is 0 Å². The van der Waals surface area contributed by atoms with Crippen molar-refractivity contribution in [3.05, 3.63) is 127 Å². The van der Waals surface area contributed by atoms with E-state index in [1.807, 2.05) is 48.5 Å². The first kappa shape index (κ1) is 22.7. The van der Waals surface area contributed by atoms with Crippen LogP contribution in [0, 0.1) is 0 Å². The fourth-order valence-corrected chi connectivity index (χ4v) is 4.72. The van der Waals surface area contributed by atoms with Crippen molar-refractivity contribution in [1.82, 2.24) is 9.13 Å². The molecule has 0 aliphatic rings. The minimum Gasteiger partial charge on any atom is -0.322 e. The van der Waals surface area contributed by atoms with Gasteiger partial charge in [0.05, 0.1) is 27.8 Å². The third kappa shape index (κ3) is 4.04. The van der Waals surface area contributed by atoms with E-state index in [-0.39, 0.29) is 11.3 Å². The Bertz CT molecular complexity index is 1710. The maximum absolute atomic E-state index is 13.4. The van der Waals surface area contributed by atoms with E-state index in [2.05, 4.69) is 34.1 Å². The second kappa shape index (κ2) is 8.71. The second-order valence-electron chi connectivity index (χ2n) is 8.69. The van der Waals surface area contributed by atoms with Gasteiger partial charge in [0.2, 0.25) is 0 Å². The van der Waals surface area contributed by atoms with Crippen LogP contribution < -0.4 is 5.32 Å². The Morgan fingerprint density at radius 3 is 1.95 bits per heavy atom. The number of anilines is 1. The van der Waals surface area contributed by atoms with Crippen LogP contribution in [0.15, 0.2) is 116 Å². The molecule has 0 bridgehead atoms. The van der Waals surface area contributed by atoms with Gasteiger partial charge in [0.25, 0.3) is 5.91 Å². The molecule has 6 rings (SSSR count). The number of hydrogen-bond donors (Lipinski definition) is 1. The predicted octanol–water partition coefficient (Wildman–Crippen LogP) is 7.85. The van der Waals surface area contributed by atoms with Crippen molar-refractivity contribution in [3.8, 4) is 11.4 Å². The molecule has 0 aliphatic heterocycles. The fraction of sp³-hybridized carbons (Fsp3) is 0.0333. The fourth-order valence-electron chi connectivity index (χ4n) is 4.72. The molecule has 4 aromatic carbocycles. The molecular formula is C30H20F3N3O. The van der Waals surface area contributed by atoms with Crippen LogP contribution in [0.25, 0.3) is 33.2 Å². The van der Waals surface area contributed by atoms with Crippen molar-refractivity contribution < 1.29 is 18.0 Å². The molecule has 2 heterocycles. The Kier molecular flexibility index (Phi) is 5.34. The lowest BCUT2D eigenvalue weighted by Gasteiger charge is -2.13. The monoisotopic (exact) mass is 495 g/mol. The predicted molar refractivity (Wildman–Crippen MR) is 140 cm³/mol. The van der Waals surface area contributed by atoms with E-state index in [0.717, 1.165) is 33.6 Å². The lowest BCUT2D eigenvalue weighted by atomic mass is 10.1. The van der Waals surface area contributed by atoms with E-state index >= 15 is 0 Å². The van der Waals surface area contributed by atoms with Crippen LogP contribution in [-0.4, -0.2) is 15.0 Å². The summed E-state index contributed by atoms with van der Waals surface area (Å²) in [7, 11) is 0. The number of carbonyl (C=O) groups is 1. The summed E-state index contributed by atoms with van der Waals surface area (Å²) in [5.74, 6) is -0.409. The van der Waals surface area contributed by atoms with Crippen molar-refractivity contribution in [1.29, 1.82) is 0 Å². The van der Waals surface area contributed by atoms with Crippen LogP contribution in [0.5, 0.6) is 0 Å².